The quantitative estimate of drug-likeness (QED) is 0.705. The Balaban J connectivity index is 1.74. The van der Waals surface area contributed by atoms with Gasteiger partial charge in [-0.3, -0.25) is 4.79 Å². The molecule has 1 aromatic heterocycles. The molecular weight excluding hydrogens is 378 g/mol. The molecule has 2 aliphatic carbocycles. The van der Waals surface area contributed by atoms with Crippen LogP contribution in [0.25, 0.3) is 0 Å². The van der Waals surface area contributed by atoms with E-state index in [-0.39, 0.29) is 22.9 Å². The topological polar surface area (TPSA) is 98.2 Å². The summed E-state index contributed by atoms with van der Waals surface area (Å²) < 4.78 is 28.3. The van der Waals surface area contributed by atoms with Crippen molar-refractivity contribution in [2.75, 3.05) is 6.26 Å². The number of sulfone groups is 1. The van der Waals surface area contributed by atoms with E-state index in [0.717, 1.165) is 37.3 Å². The first-order valence-electron chi connectivity index (χ1n) is 8.58. The summed E-state index contributed by atoms with van der Waals surface area (Å²) in [6, 6.07) is -0.468. The van der Waals surface area contributed by atoms with Crippen molar-refractivity contribution in [3.8, 4) is 5.88 Å². The predicted molar refractivity (Wildman–Crippen MR) is 98.2 cm³/mol. The Kier molecular flexibility index (Phi) is 5.53. The number of carbonyl (C=O) groups excluding carboxylic acids is 1. The van der Waals surface area contributed by atoms with Crippen molar-refractivity contribution >= 4 is 27.3 Å². The van der Waals surface area contributed by atoms with Gasteiger partial charge in [-0.05, 0) is 19.8 Å². The van der Waals surface area contributed by atoms with Gasteiger partial charge in [0.15, 0.2) is 9.84 Å². The first kappa shape index (κ1) is 19.1. The predicted octanol–water partition coefficient (Wildman–Crippen LogP) is 2.18. The molecule has 142 valence electrons. The molecule has 2 saturated carbocycles. The number of carbonyl (C=O) groups is 1. The third kappa shape index (κ3) is 5.17. The molecule has 9 heteroatoms. The number of rotatable bonds is 7. The van der Waals surface area contributed by atoms with Crippen LogP contribution in [-0.4, -0.2) is 48.1 Å². The van der Waals surface area contributed by atoms with Gasteiger partial charge >= 0.3 is 0 Å². The third-order valence-electron chi connectivity index (χ3n) is 4.25. The van der Waals surface area contributed by atoms with E-state index in [4.69, 9.17) is 16.3 Å². The fraction of sp³-hybridized carbons (Fsp3) is 0.588. The number of amides is 1. The van der Waals surface area contributed by atoms with Crippen molar-refractivity contribution in [1.82, 2.24) is 15.3 Å². The van der Waals surface area contributed by atoms with Crippen LogP contribution < -0.4 is 10.1 Å². The van der Waals surface area contributed by atoms with Gasteiger partial charge in [0, 0.05) is 48.0 Å². The maximum Gasteiger partial charge on any atom is 0.258 e. The Hall–Kier alpha value is -1.67. The van der Waals surface area contributed by atoms with Crippen LogP contribution in [0.4, 0.5) is 0 Å². The highest BCUT2D eigenvalue weighted by Crippen LogP contribution is 2.39. The second-order valence-corrected chi connectivity index (χ2v) is 9.50. The number of halogens is 1. The van der Waals surface area contributed by atoms with Crippen molar-refractivity contribution in [2.24, 2.45) is 0 Å². The normalized spacial score (nSPS) is 24.1. The van der Waals surface area contributed by atoms with E-state index in [9.17, 15) is 13.2 Å². The Labute approximate surface area is 158 Å². The van der Waals surface area contributed by atoms with Crippen LogP contribution in [0.15, 0.2) is 17.7 Å². The van der Waals surface area contributed by atoms with Gasteiger partial charge in [0.2, 0.25) is 5.88 Å². The summed E-state index contributed by atoms with van der Waals surface area (Å²) in [5.41, 5.74) is 0.243. The lowest BCUT2D eigenvalue weighted by atomic mass is 9.95. The minimum absolute atomic E-state index is 0.0476. The van der Waals surface area contributed by atoms with Gasteiger partial charge in [-0.15, -0.1) is 11.6 Å². The minimum Gasteiger partial charge on any atom is -0.474 e. The zero-order valence-corrected chi connectivity index (χ0v) is 16.3. The molecule has 1 heterocycles. The first-order chi connectivity index (χ1) is 12.2. The molecule has 3 rings (SSSR count). The Morgan fingerprint density at radius 3 is 2.69 bits per heavy atom. The molecule has 0 aromatic carbocycles. The van der Waals surface area contributed by atoms with Crippen LogP contribution in [0, 0.1) is 0 Å². The van der Waals surface area contributed by atoms with Crippen molar-refractivity contribution in [1.29, 1.82) is 0 Å². The Morgan fingerprint density at radius 2 is 2.12 bits per heavy atom. The fourth-order valence-corrected chi connectivity index (χ4v) is 3.43. The number of alkyl halides is 1. The molecule has 0 spiro atoms. The van der Waals surface area contributed by atoms with E-state index in [1.807, 2.05) is 0 Å². The summed E-state index contributed by atoms with van der Waals surface area (Å²) in [5, 5.41) is 3.88. The molecule has 2 fully saturated rings. The first-order valence-corrected chi connectivity index (χ1v) is 11.0. The number of nitrogens with zero attached hydrogens (tertiary/aromatic N) is 2. The van der Waals surface area contributed by atoms with Gasteiger partial charge in [-0.1, -0.05) is 6.08 Å². The molecule has 1 aromatic rings. The van der Waals surface area contributed by atoms with E-state index in [2.05, 4.69) is 15.3 Å². The van der Waals surface area contributed by atoms with E-state index < -0.39 is 21.8 Å². The van der Waals surface area contributed by atoms with E-state index in [1.54, 1.807) is 6.92 Å². The van der Waals surface area contributed by atoms with Gasteiger partial charge in [-0.2, -0.15) is 4.98 Å². The summed E-state index contributed by atoms with van der Waals surface area (Å²) in [4.78, 5) is 21.3. The molecule has 1 N–H and O–H groups in total. The monoisotopic (exact) mass is 399 g/mol. The van der Waals surface area contributed by atoms with Crippen LogP contribution in [0.3, 0.4) is 0 Å². The third-order valence-corrected chi connectivity index (χ3v) is 5.26. The number of hydrogen-bond donors (Lipinski definition) is 1. The molecule has 2 aliphatic rings. The van der Waals surface area contributed by atoms with Gasteiger partial charge in [0.1, 0.15) is 17.5 Å². The summed E-state index contributed by atoms with van der Waals surface area (Å²) in [6.07, 6.45) is 7.48. The van der Waals surface area contributed by atoms with Gasteiger partial charge in [-0.25, -0.2) is 13.4 Å². The number of ether oxygens (including phenoxy) is 1. The zero-order chi connectivity index (χ0) is 18.9. The summed E-state index contributed by atoms with van der Waals surface area (Å²) >= 11 is 6.00. The van der Waals surface area contributed by atoms with Crippen molar-refractivity contribution in [2.45, 2.75) is 56.0 Å². The van der Waals surface area contributed by atoms with Crippen LogP contribution in [0.2, 0.25) is 0 Å². The number of nitrogens with one attached hydrogen (secondary N) is 1. The van der Waals surface area contributed by atoms with E-state index in [1.165, 1.54) is 12.3 Å². The summed E-state index contributed by atoms with van der Waals surface area (Å²) in [7, 11) is -3.25. The smallest absolute Gasteiger partial charge is 0.258 e. The highest BCUT2D eigenvalue weighted by atomic mass is 35.5. The maximum atomic E-state index is 12.6. The van der Waals surface area contributed by atoms with Crippen molar-refractivity contribution in [3.05, 3.63) is 29.1 Å². The van der Waals surface area contributed by atoms with Gasteiger partial charge in [0.25, 0.3) is 5.91 Å². The molecule has 0 bridgehead atoms. The van der Waals surface area contributed by atoms with Crippen LogP contribution >= 0.6 is 11.6 Å². The second kappa shape index (κ2) is 7.52. The lowest BCUT2D eigenvalue weighted by molar-refractivity contribution is 0.0915. The number of hydrogen-bond acceptors (Lipinski definition) is 6. The lowest BCUT2D eigenvalue weighted by Gasteiger charge is -2.31. The standard InChI is InChI=1S/C17H22ClN3O4S/c1-10(5-6-26(2,23)24)20-16(22)14-9-19-15(11-3-4-11)21-17(14)25-13-7-12(18)8-13/h5-6,9-13H,3-4,7-8H2,1-2H3,(H,20,22)/b6-5+. The maximum absolute atomic E-state index is 12.6. The Bertz CT molecular complexity index is 817. The van der Waals surface area contributed by atoms with Gasteiger partial charge in [0.05, 0.1) is 0 Å². The highest BCUT2D eigenvalue weighted by molar-refractivity contribution is 7.93. The average molecular weight is 400 g/mol. The molecule has 1 amide bonds. The summed E-state index contributed by atoms with van der Waals surface area (Å²) in [5.74, 6) is 0.901. The molecular formula is C17H22ClN3O4S. The van der Waals surface area contributed by atoms with Crippen molar-refractivity contribution < 1.29 is 17.9 Å². The van der Waals surface area contributed by atoms with Crippen LogP contribution in [0.1, 0.15) is 54.7 Å². The van der Waals surface area contributed by atoms with Crippen LogP contribution in [0.5, 0.6) is 5.88 Å². The van der Waals surface area contributed by atoms with E-state index in [0.29, 0.717) is 11.7 Å². The summed E-state index contributed by atoms with van der Waals surface area (Å²) in [6.45, 7) is 1.68. The number of aromatic nitrogens is 2. The molecule has 1 atom stereocenters. The molecule has 0 aliphatic heterocycles. The second-order valence-electron chi connectivity index (χ2n) is 6.95. The zero-order valence-electron chi connectivity index (χ0n) is 14.7. The van der Waals surface area contributed by atoms with Gasteiger partial charge < -0.3 is 10.1 Å². The fourth-order valence-electron chi connectivity index (χ4n) is 2.51. The molecule has 7 nitrogen and oxygen atoms in total. The molecule has 0 radical (unpaired) electrons. The largest absolute Gasteiger partial charge is 0.474 e. The molecule has 1 unspecified atom stereocenters. The van der Waals surface area contributed by atoms with Crippen LogP contribution in [-0.2, 0) is 9.84 Å². The molecule has 0 saturated heterocycles. The minimum atomic E-state index is -3.25. The highest BCUT2D eigenvalue weighted by Gasteiger charge is 2.33. The molecule has 26 heavy (non-hydrogen) atoms. The SMILES string of the molecule is CC(/C=C/S(C)(=O)=O)NC(=O)c1cnc(C2CC2)nc1OC1CC(Cl)C1. The average Bonchev–Trinajstić information content (AvgIpc) is 3.35. The Morgan fingerprint density at radius 1 is 1.42 bits per heavy atom. The van der Waals surface area contributed by atoms with Crippen molar-refractivity contribution in [3.63, 3.8) is 0 Å². The van der Waals surface area contributed by atoms with E-state index >= 15 is 0 Å². The lowest BCUT2D eigenvalue weighted by Crippen LogP contribution is -2.36.